The van der Waals surface area contributed by atoms with Gasteiger partial charge < -0.3 is 14.8 Å². The van der Waals surface area contributed by atoms with Gasteiger partial charge in [0.15, 0.2) is 11.5 Å². The Balaban J connectivity index is 1.30. The quantitative estimate of drug-likeness (QED) is 0.531. The molecular formula is C24H28ClN3O3S. The predicted octanol–water partition coefficient (Wildman–Crippen LogP) is 4.85. The summed E-state index contributed by atoms with van der Waals surface area (Å²) in [5.74, 6) is 1.80. The number of amides is 1. The lowest BCUT2D eigenvalue weighted by Crippen LogP contribution is -2.47. The highest BCUT2D eigenvalue weighted by Gasteiger charge is 2.28. The SMILES string of the molecule is COc1ccc(CNC(=O)C(C)N2CCC(c3nc4cc(Cl)ccc4s3)CC2)cc1OC. The fraction of sp³-hybridized carbons (Fsp3) is 0.417. The van der Waals surface area contributed by atoms with Crippen LogP contribution in [-0.4, -0.2) is 49.1 Å². The number of carbonyl (C=O) groups is 1. The third-order valence-electron chi connectivity index (χ3n) is 6.09. The minimum atomic E-state index is -0.176. The zero-order chi connectivity index (χ0) is 22.7. The number of carbonyl (C=O) groups excluding carboxylic acids is 1. The maximum absolute atomic E-state index is 12.8. The van der Waals surface area contributed by atoms with Crippen molar-refractivity contribution in [2.75, 3.05) is 27.3 Å². The highest BCUT2D eigenvalue weighted by Crippen LogP contribution is 2.35. The number of halogens is 1. The number of nitrogens with one attached hydrogen (secondary N) is 1. The van der Waals surface area contributed by atoms with Crippen molar-refractivity contribution in [3.05, 3.63) is 52.0 Å². The van der Waals surface area contributed by atoms with Gasteiger partial charge in [-0.2, -0.15) is 0 Å². The Hall–Kier alpha value is -2.35. The van der Waals surface area contributed by atoms with E-state index in [9.17, 15) is 4.79 Å². The van der Waals surface area contributed by atoms with Gasteiger partial charge in [-0.25, -0.2) is 4.98 Å². The molecule has 0 spiro atoms. The molecule has 1 atom stereocenters. The van der Waals surface area contributed by atoms with Gasteiger partial charge in [-0.05, 0) is 68.8 Å². The number of aromatic nitrogens is 1. The smallest absolute Gasteiger partial charge is 0.237 e. The number of thiazole rings is 1. The first-order chi connectivity index (χ1) is 15.5. The second-order valence-corrected chi connectivity index (χ2v) is 9.56. The molecule has 0 bridgehead atoms. The predicted molar refractivity (Wildman–Crippen MR) is 129 cm³/mol. The van der Waals surface area contributed by atoms with Gasteiger partial charge in [0.05, 0.1) is 35.5 Å². The van der Waals surface area contributed by atoms with Crippen LogP contribution in [0.3, 0.4) is 0 Å². The molecule has 6 nitrogen and oxygen atoms in total. The highest BCUT2D eigenvalue weighted by atomic mass is 35.5. The van der Waals surface area contributed by atoms with Crippen molar-refractivity contribution in [1.29, 1.82) is 0 Å². The molecule has 1 unspecified atom stereocenters. The van der Waals surface area contributed by atoms with Gasteiger partial charge in [0.1, 0.15) is 0 Å². The van der Waals surface area contributed by atoms with Crippen molar-refractivity contribution in [3.8, 4) is 11.5 Å². The van der Waals surface area contributed by atoms with Gasteiger partial charge in [-0.3, -0.25) is 9.69 Å². The normalized spacial score (nSPS) is 16.1. The van der Waals surface area contributed by atoms with Gasteiger partial charge in [0, 0.05) is 17.5 Å². The van der Waals surface area contributed by atoms with Crippen LogP contribution in [0.15, 0.2) is 36.4 Å². The molecule has 1 aliphatic heterocycles. The molecule has 0 radical (unpaired) electrons. The lowest BCUT2D eigenvalue weighted by Gasteiger charge is -2.34. The van der Waals surface area contributed by atoms with Crippen LogP contribution in [0.5, 0.6) is 11.5 Å². The minimum Gasteiger partial charge on any atom is -0.493 e. The third-order valence-corrected chi connectivity index (χ3v) is 7.52. The van der Waals surface area contributed by atoms with E-state index in [-0.39, 0.29) is 11.9 Å². The Kier molecular flexibility index (Phi) is 7.18. The van der Waals surface area contributed by atoms with E-state index in [1.807, 2.05) is 43.3 Å². The number of hydrogen-bond acceptors (Lipinski definition) is 6. The summed E-state index contributed by atoms with van der Waals surface area (Å²) >= 11 is 7.85. The molecule has 8 heteroatoms. The van der Waals surface area contributed by atoms with Crippen LogP contribution in [0, 0.1) is 0 Å². The van der Waals surface area contributed by atoms with Crippen LogP contribution < -0.4 is 14.8 Å². The first-order valence-electron chi connectivity index (χ1n) is 10.8. The number of rotatable bonds is 7. The zero-order valence-corrected chi connectivity index (χ0v) is 20.1. The second kappa shape index (κ2) is 10.1. The van der Waals surface area contributed by atoms with E-state index >= 15 is 0 Å². The fourth-order valence-electron chi connectivity index (χ4n) is 4.12. The maximum Gasteiger partial charge on any atom is 0.237 e. The van der Waals surface area contributed by atoms with Gasteiger partial charge in [0.25, 0.3) is 0 Å². The summed E-state index contributed by atoms with van der Waals surface area (Å²) in [6, 6.07) is 11.4. The van der Waals surface area contributed by atoms with Gasteiger partial charge in [-0.15, -0.1) is 11.3 Å². The van der Waals surface area contributed by atoms with Crippen LogP contribution >= 0.6 is 22.9 Å². The largest absolute Gasteiger partial charge is 0.493 e. The molecule has 4 rings (SSSR count). The molecule has 3 aromatic rings. The zero-order valence-electron chi connectivity index (χ0n) is 18.6. The molecule has 170 valence electrons. The Morgan fingerprint density at radius 1 is 1.19 bits per heavy atom. The maximum atomic E-state index is 12.8. The fourth-order valence-corrected chi connectivity index (χ4v) is 5.40. The first kappa shape index (κ1) is 22.8. The lowest BCUT2D eigenvalue weighted by atomic mass is 9.96. The number of fused-ring (bicyclic) bond motifs is 1. The number of benzene rings is 2. The minimum absolute atomic E-state index is 0.0351. The van der Waals surface area contributed by atoms with Crippen LogP contribution in [0.25, 0.3) is 10.2 Å². The van der Waals surface area contributed by atoms with Crippen molar-refractivity contribution in [3.63, 3.8) is 0 Å². The number of likely N-dealkylation sites (tertiary alicyclic amines) is 1. The Labute approximate surface area is 197 Å². The summed E-state index contributed by atoms with van der Waals surface area (Å²) in [7, 11) is 3.21. The summed E-state index contributed by atoms with van der Waals surface area (Å²) in [6.07, 6.45) is 2.00. The van der Waals surface area contributed by atoms with Crippen molar-refractivity contribution in [2.45, 2.75) is 38.3 Å². The van der Waals surface area contributed by atoms with E-state index in [0.717, 1.165) is 42.0 Å². The summed E-state index contributed by atoms with van der Waals surface area (Å²) in [5.41, 5.74) is 1.95. The summed E-state index contributed by atoms with van der Waals surface area (Å²) < 4.78 is 11.8. The van der Waals surface area contributed by atoms with E-state index in [1.54, 1.807) is 25.6 Å². The van der Waals surface area contributed by atoms with E-state index in [1.165, 1.54) is 9.71 Å². The van der Waals surface area contributed by atoms with Gasteiger partial charge >= 0.3 is 0 Å². The van der Waals surface area contributed by atoms with Crippen LogP contribution in [0.4, 0.5) is 0 Å². The average Bonchev–Trinajstić information content (AvgIpc) is 3.25. The van der Waals surface area contributed by atoms with Crippen molar-refractivity contribution >= 4 is 39.1 Å². The molecule has 1 aromatic heterocycles. The molecular weight excluding hydrogens is 446 g/mol. The first-order valence-corrected chi connectivity index (χ1v) is 12.0. The van der Waals surface area contributed by atoms with Crippen LogP contribution in [-0.2, 0) is 11.3 Å². The second-order valence-electron chi connectivity index (χ2n) is 8.06. The number of nitrogens with zero attached hydrogens (tertiary/aromatic N) is 2. The molecule has 1 aliphatic rings. The summed E-state index contributed by atoms with van der Waals surface area (Å²) in [6.45, 7) is 4.19. The number of ether oxygens (including phenoxy) is 2. The monoisotopic (exact) mass is 473 g/mol. The highest BCUT2D eigenvalue weighted by molar-refractivity contribution is 7.18. The molecule has 1 saturated heterocycles. The summed E-state index contributed by atoms with van der Waals surface area (Å²) in [4.78, 5) is 19.8. The van der Waals surface area contributed by atoms with Crippen molar-refractivity contribution < 1.29 is 14.3 Å². The Bertz CT molecular complexity index is 1100. The lowest BCUT2D eigenvalue weighted by molar-refractivity contribution is -0.126. The molecule has 0 aliphatic carbocycles. The third kappa shape index (κ3) is 5.00. The topological polar surface area (TPSA) is 63.7 Å². The van der Waals surface area contributed by atoms with Gasteiger partial charge in [-0.1, -0.05) is 17.7 Å². The average molecular weight is 474 g/mol. The summed E-state index contributed by atoms with van der Waals surface area (Å²) in [5, 5.41) is 4.94. The molecule has 1 N–H and O–H groups in total. The van der Waals surface area contributed by atoms with Gasteiger partial charge in [0.2, 0.25) is 5.91 Å². The number of methoxy groups -OCH3 is 2. The van der Waals surface area contributed by atoms with E-state index in [4.69, 9.17) is 26.1 Å². The molecule has 0 saturated carbocycles. The Morgan fingerprint density at radius 2 is 1.94 bits per heavy atom. The molecule has 2 aromatic carbocycles. The molecule has 2 heterocycles. The standard InChI is InChI=1S/C24H28ClN3O3S/c1-15(23(29)26-14-16-4-6-20(30-2)21(12-16)31-3)28-10-8-17(9-11-28)24-27-19-13-18(25)5-7-22(19)32-24/h4-7,12-13,15,17H,8-11,14H2,1-3H3,(H,26,29). The Morgan fingerprint density at radius 3 is 2.66 bits per heavy atom. The number of piperidine rings is 1. The van der Waals surface area contributed by atoms with Crippen LogP contribution in [0.1, 0.15) is 36.3 Å². The molecule has 1 fully saturated rings. The van der Waals surface area contributed by atoms with E-state index in [2.05, 4.69) is 10.2 Å². The molecule has 32 heavy (non-hydrogen) atoms. The number of hydrogen-bond donors (Lipinski definition) is 1. The molecule has 1 amide bonds. The van der Waals surface area contributed by atoms with Crippen molar-refractivity contribution in [1.82, 2.24) is 15.2 Å². The van der Waals surface area contributed by atoms with E-state index in [0.29, 0.717) is 24.0 Å². The van der Waals surface area contributed by atoms with E-state index < -0.39 is 0 Å². The van der Waals surface area contributed by atoms with Crippen molar-refractivity contribution in [2.24, 2.45) is 0 Å². The van der Waals surface area contributed by atoms with Crippen LogP contribution in [0.2, 0.25) is 5.02 Å².